The highest BCUT2D eigenvalue weighted by Crippen LogP contribution is 2.36. The number of fused-ring (bicyclic) bond motifs is 1. The fourth-order valence-corrected chi connectivity index (χ4v) is 4.25. The van der Waals surface area contributed by atoms with Gasteiger partial charge in [0.1, 0.15) is 34.8 Å². The minimum absolute atomic E-state index is 0.140. The minimum atomic E-state index is -0.685. The number of aryl methyl sites for hydroxylation is 1. The van der Waals surface area contributed by atoms with Crippen LogP contribution in [0.5, 0.6) is 0 Å². The maximum Gasteiger partial charge on any atom is 0.135 e. The second-order valence-corrected chi connectivity index (χ2v) is 8.62. The summed E-state index contributed by atoms with van der Waals surface area (Å²) < 4.78 is 36.3. The van der Waals surface area contributed by atoms with Crippen LogP contribution in [0.2, 0.25) is 0 Å². The maximum atomic E-state index is 14.7. The molecule has 0 amide bonds. The molecule has 33 heavy (non-hydrogen) atoms. The van der Waals surface area contributed by atoms with Crippen LogP contribution < -0.4 is 4.90 Å². The molecular weight excluding hydrogens is 426 g/mol. The first-order valence-corrected chi connectivity index (χ1v) is 11.1. The van der Waals surface area contributed by atoms with Crippen LogP contribution >= 0.6 is 0 Å². The lowest BCUT2D eigenvalue weighted by Crippen LogP contribution is -2.38. The number of halogens is 2. The van der Waals surface area contributed by atoms with Gasteiger partial charge >= 0.3 is 0 Å². The number of aromatic nitrogens is 5. The predicted molar refractivity (Wildman–Crippen MR) is 119 cm³/mol. The Bertz CT molecular complexity index is 1350. The molecule has 1 aliphatic heterocycles. The molecule has 168 valence electrons. The van der Waals surface area contributed by atoms with Crippen LogP contribution in [0, 0.1) is 18.6 Å². The first kappa shape index (κ1) is 20.2. The molecule has 0 bridgehead atoms. The Balaban J connectivity index is 1.39. The number of hydrogen-bond acceptors (Lipinski definition) is 6. The molecule has 2 fully saturated rings. The lowest BCUT2D eigenvalue weighted by atomic mass is 10.1. The zero-order chi connectivity index (χ0) is 22.5. The van der Waals surface area contributed by atoms with Crippen molar-refractivity contribution in [3.05, 3.63) is 65.7 Å². The number of ether oxygens (including phenoxy) is 1. The third-order valence-electron chi connectivity index (χ3n) is 6.13. The van der Waals surface area contributed by atoms with Gasteiger partial charge in [-0.05, 0) is 31.9 Å². The Kier molecular flexibility index (Phi) is 4.79. The molecule has 6 rings (SSSR count). The highest BCUT2D eigenvalue weighted by atomic mass is 19.1. The summed E-state index contributed by atoms with van der Waals surface area (Å²) >= 11 is 0. The lowest BCUT2D eigenvalue weighted by molar-refractivity contribution is 0.0395. The molecule has 4 heterocycles. The summed E-state index contributed by atoms with van der Waals surface area (Å²) in [4.78, 5) is 15.9. The van der Waals surface area contributed by atoms with Crippen molar-refractivity contribution in [2.75, 3.05) is 24.6 Å². The molecule has 9 heteroatoms. The number of rotatable bonds is 4. The van der Waals surface area contributed by atoms with Gasteiger partial charge in [0.05, 0.1) is 30.1 Å². The second kappa shape index (κ2) is 7.84. The van der Waals surface area contributed by atoms with Crippen molar-refractivity contribution in [3.63, 3.8) is 0 Å². The summed E-state index contributed by atoms with van der Waals surface area (Å²) in [6.45, 7) is 3.60. The average molecular weight is 448 g/mol. The van der Waals surface area contributed by atoms with Crippen LogP contribution in [0.25, 0.3) is 22.3 Å². The number of benzene rings is 1. The third kappa shape index (κ3) is 3.82. The van der Waals surface area contributed by atoms with Gasteiger partial charge in [-0.1, -0.05) is 0 Å². The van der Waals surface area contributed by atoms with Gasteiger partial charge in [-0.25, -0.2) is 18.7 Å². The van der Waals surface area contributed by atoms with E-state index in [4.69, 9.17) is 9.72 Å². The van der Waals surface area contributed by atoms with Gasteiger partial charge in [-0.3, -0.25) is 9.67 Å². The van der Waals surface area contributed by atoms with Gasteiger partial charge < -0.3 is 9.64 Å². The number of nitrogens with zero attached hydrogens (tertiary/aromatic N) is 6. The van der Waals surface area contributed by atoms with Gasteiger partial charge in [0.2, 0.25) is 0 Å². The Labute approximate surface area is 189 Å². The lowest BCUT2D eigenvalue weighted by Gasteiger charge is -2.33. The van der Waals surface area contributed by atoms with Crippen LogP contribution in [0.4, 0.5) is 14.6 Å². The smallest absolute Gasteiger partial charge is 0.135 e. The Hall–Kier alpha value is -3.46. The predicted octanol–water partition coefficient (Wildman–Crippen LogP) is 4.39. The number of morpholine rings is 1. The zero-order valence-corrected chi connectivity index (χ0v) is 18.1. The van der Waals surface area contributed by atoms with E-state index in [9.17, 15) is 8.78 Å². The first-order chi connectivity index (χ1) is 16.0. The summed E-state index contributed by atoms with van der Waals surface area (Å²) in [5.41, 5.74) is 3.41. The van der Waals surface area contributed by atoms with E-state index >= 15 is 0 Å². The van der Waals surface area contributed by atoms with Gasteiger partial charge in [0.15, 0.2) is 0 Å². The molecular formula is C24H22F2N6O. The Morgan fingerprint density at radius 3 is 2.79 bits per heavy atom. The number of hydrogen-bond donors (Lipinski definition) is 0. The van der Waals surface area contributed by atoms with Crippen LogP contribution in [-0.2, 0) is 4.74 Å². The standard InChI is InChI=1S/C24H22F2N6O/c1-14-10-27-24-20(29-14)9-22(30-23(24)18-5-2-16(25)8-19(18)26)31-6-7-33-21(13-31)15-11-28-32(12-15)17-3-4-17/h2,5,8-12,17,21H,3-4,6-7,13H2,1H3. The van der Waals surface area contributed by atoms with E-state index < -0.39 is 11.6 Å². The fraction of sp³-hybridized carbons (Fsp3) is 0.333. The topological polar surface area (TPSA) is 69.0 Å². The molecule has 7 nitrogen and oxygen atoms in total. The molecule has 4 aromatic rings. The van der Waals surface area contributed by atoms with E-state index in [1.54, 1.807) is 6.20 Å². The highest BCUT2D eigenvalue weighted by Gasteiger charge is 2.29. The quantitative estimate of drug-likeness (QED) is 0.461. The molecule has 2 aliphatic rings. The summed E-state index contributed by atoms with van der Waals surface area (Å²) in [5, 5.41) is 4.48. The van der Waals surface area contributed by atoms with Crippen LogP contribution in [0.1, 0.15) is 36.2 Å². The van der Waals surface area contributed by atoms with Crippen molar-refractivity contribution in [1.82, 2.24) is 24.7 Å². The van der Waals surface area contributed by atoms with Crippen LogP contribution in [0.15, 0.2) is 42.9 Å². The van der Waals surface area contributed by atoms with Gasteiger partial charge in [0, 0.05) is 48.7 Å². The minimum Gasteiger partial charge on any atom is -0.370 e. The molecule has 1 saturated carbocycles. The molecule has 1 unspecified atom stereocenters. The van der Waals surface area contributed by atoms with Gasteiger partial charge in [0.25, 0.3) is 0 Å². The van der Waals surface area contributed by atoms with Gasteiger partial charge in [-0.15, -0.1) is 0 Å². The van der Waals surface area contributed by atoms with E-state index in [0.717, 1.165) is 17.3 Å². The molecule has 3 aromatic heterocycles. The summed E-state index contributed by atoms with van der Waals surface area (Å²) in [7, 11) is 0. The van der Waals surface area contributed by atoms with Crippen LogP contribution in [0.3, 0.4) is 0 Å². The average Bonchev–Trinajstić information content (AvgIpc) is 3.54. The van der Waals surface area contributed by atoms with E-state index in [1.165, 1.54) is 25.0 Å². The monoisotopic (exact) mass is 448 g/mol. The summed E-state index contributed by atoms with van der Waals surface area (Å²) in [6, 6.07) is 5.86. The largest absolute Gasteiger partial charge is 0.370 e. The number of anilines is 1. The van der Waals surface area contributed by atoms with Crippen molar-refractivity contribution in [1.29, 1.82) is 0 Å². The Morgan fingerprint density at radius 1 is 1.09 bits per heavy atom. The summed E-state index contributed by atoms with van der Waals surface area (Å²) in [6.07, 6.45) is 7.75. The number of pyridine rings is 1. The van der Waals surface area contributed by atoms with Crippen molar-refractivity contribution in [3.8, 4) is 11.3 Å². The third-order valence-corrected chi connectivity index (χ3v) is 6.13. The second-order valence-electron chi connectivity index (χ2n) is 8.62. The van der Waals surface area contributed by atoms with E-state index in [0.29, 0.717) is 48.3 Å². The first-order valence-electron chi connectivity index (χ1n) is 11.1. The maximum absolute atomic E-state index is 14.7. The van der Waals surface area contributed by atoms with E-state index in [2.05, 4.69) is 26.2 Å². The molecule has 1 aromatic carbocycles. The molecule has 1 atom stereocenters. The molecule has 1 saturated heterocycles. The Morgan fingerprint density at radius 2 is 1.97 bits per heavy atom. The van der Waals surface area contributed by atoms with Crippen molar-refractivity contribution < 1.29 is 13.5 Å². The highest BCUT2D eigenvalue weighted by molar-refractivity contribution is 5.91. The molecule has 0 spiro atoms. The van der Waals surface area contributed by atoms with Crippen molar-refractivity contribution in [2.45, 2.75) is 31.9 Å². The van der Waals surface area contributed by atoms with Crippen LogP contribution in [-0.4, -0.2) is 44.4 Å². The molecule has 0 radical (unpaired) electrons. The zero-order valence-electron chi connectivity index (χ0n) is 18.1. The normalized spacial score (nSPS) is 18.8. The molecule has 0 N–H and O–H groups in total. The van der Waals surface area contributed by atoms with E-state index in [1.807, 2.05) is 23.9 Å². The van der Waals surface area contributed by atoms with E-state index in [-0.39, 0.29) is 11.7 Å². The van der Waals surface area contributed by atoms with Crippen molar-refractivity contribution in [2.24, 2.45) is 0 Å². The van der Waals surface area contributed by atoms with Gasteiger partial charge in [-0.2, -0.15) is 5.10 Å². The van der Waals surface area contributed by atoms with Crippen molar-refractivity contribution >= 4 is 16.9 Å². The molecule has 1 aliphatic carbocycles. The fourth-order valence-electron chi connectivity index (χ4n) is 4.25. The SMILES string of the molecule is Cc1cnc2c(-c3ccc(F)cc3F)nc(N3CCOC(c4cnn(C5CC5)c4)C3)cc2n1. The summed E-state index contributed by atoms with van der Waals surface area (Å²) in [5.74, 6) is -0.666.